The number of amides is 1. The monoisotopic (exact) mass is 278 g/mol. The Morgan fingerprint density at radius 2 is 1.85 bits per heavy atom. The number of nitrogens with zero attached hydrogens (tertiary/aromatic N) is 2. The molecule has 3 fully saturated rings. The molecule has 2 heterocycles. The lowest BCUT2D eigenvalue weighted by Gasteiger charge is -2.35. The highest BCUT2D eigenvalue weighted by atomic mass is 16.2. The van der Waals surface area contributed by atoms with Crippen molar-refractivity contribution in [2.75, 3.05) is 26.7 Å². The van der Waals surface area contributed by atoms with Crippen molar-refractivity contribution < 1.29 is 4.79 Å². The van der Waals surface area contributed by atoms with E-state index in [2.05, 4.69) is 9.80 Å². The van der Waals surface area contributed by atoms with Crippen molar-refractivity contribution in [3.05, 3.63) is 0 Å². The van der Waals surface area contributed by atoms with Gasteiger partial charge in [0.25, 0.3) is 0 Å². The molecule has 1 spiro atoms. The molecule has 3 rings (SSSR count). The predicted octanol–water partition coefficient (Wildman–Crippen LogP) is 3.04. The zero-order chi connectivity index (χ0) is 14.0. The number of hydrogen-bond acceptors (Lipinski definition) is 2. The summed E-state index contributed by atoms with van der Waals surface area (Å²) < 4.78 is 0. The second-order valence-electron chi connectivity index (χ2n) is 7.34. The van der Waals surface area contributed by atoms with Gasteiger partial charge in [-0.3, -0.25) is 4.79 Å². The van der Waals surface area contributed by atoms with Crippen molar-refractivity contribution in [3.63, 3.8) is 0 Å². The molecule has 2 saturated heterocycles. The van der Waals surface area contributed by atoms with Crippen LogP contribution in [0.15, 0.2) is 0 Å². The molecular weight excluding hydrogens is 248 g/mol. The minimum atomic E-state index is 0.207. The molecule has 0 bridgehead atoms. The molecule has 0 N–H and O–H groups in total. The van der Waals surface area contributed by atoms with Crippen LogP contribution in [0.5, 0.6) is 0 Å². The SMILES string of the molecule is CN1C(=O)CCC12CCCN(CC1CCCCC1)CC2. The molecule has 1 aliphatic carbocycles. The average molecular weight is 278 g/mol. The Labute approximate surface area is 123 Å². The second-order valence-corrected chi connectivity index (χ2v) is 7.34. The Balaban J connectivity index is 1.55. The van der Waals surface area contributed by atoms with Crippen molar-refractivity contribution in [1.29, 1.82) is 0 Å². The van der Waals surface area contributed by atoms with Crippen LogP contribution in [-0.2, 0) is 4.79 Å². The van der Waals surface area contributed by atoms with Crippen LogP contribution >= 0.6 is 0 Å². The highest BCUT2D eigenvalue weighted by molar-refractivity contribution is 5.79. The lowest BCUT2D eigenvalue weighted by Crippen LogP contribution is -2.44. The normalized spacial score (nSPS) is 33.9. The Morgan fingerprint density at radius 3 is 2.55 bits per heavy atom. The topological polar surface area (TPSA) is 23.6 Å². The maximum atomic E-state index is 11.9. The van der Waals surface area contributed by atoms with Gasteiger partial charge in [-0.1, -0.05) is 19.3 Å². The first-order chi connectivity index (χ1) is 9.70. The van der Waals surface area contributed by atoms with Crippen molar-refractivity contribution >= 4 is 5.91 Å². The summed E-state index contributed by atoms with van der Waals surface area (Å²) in [5.41, 5.74) is 0.207. The van der Waals surface area contributed by atoms with E-state index >= 15 is 0 Å². The van der Waals surface area contributed by atoms with E-state index in [-0.39, 0.29) is 5.54 Å². The van der Waals surface area contributed by atoms with Crippen molar-refractivity contribution in [3.8, 4) is 0 Å². The lowest BCUT2D eigenvalue weighted by atomic mass is 9.88. The molecule has 114 valence electrons. The van der Waals surface area contributed by atoms with Gasteiger partial charge in [0.15, 0.2) is 0 Å². The lowest BCUT2D eigenvalue weighted by molar-refractivity contribution is -0.129. The molecule has 20 heavy (non-hydrogen) atoms. The fourth-order valence-corrected chi connectivity index (χ4v) is 4.68. The van der Waals surface area contributed by atoms with E-state index in [0.29, 0.717) is 5.91 Å². The molecule has 1 unspecified atom stereocenters. The van der Waals surface area contributed by atoms with Crippen LogP contribution in [0.2, 0.25) is 0 Å². The zero-order valence-corrected chi connectivity index (χ0v) is 13.1. The molecule has 0 aromatic rings. The van der Waals surface area contributed by atoms with Crippen molar-refractivity contribution in [2.45, 2.75) is 69.7 Å². The van der Waals surface area contributed by atoms with Crippen molar-refractivity contribution in [1.82, 2.24) is 9.80 Å². The Hall–Kier alpha value is -0.570. The predicted molar refractivity (Wildman–Crippen MR) is 81.6 cm³/mol. The maximum Gasteiger partial charge on any atom is 0.222 e. The second kappa shape index (κ2) is 6.05. The standard InChI is InChI=1S/C17H30N2O/c1-18-16(20)8-10-17(18)9-5-12-19(13-11-17)14-15-6-3-2-4-7-15/h15H,2-14H2,1H3. The Morgan fingerprint density at radius 1 is 1.05 bits per heavy atom. The van der Waals surface area contributed by atoms with Crippen LogP contribution in [0, 0.1) is 5.92 Å². The van der Waals surface area contributed by atoms with Crippen LogP contribution in [0.4, 0.5) is 0 Å². The molecule has 3 heteroatoms. The van der Waals surface area contributed by atoms with Gasteiger partial charge in [0.05, 0.1) is 0 Å². The molecule has 0 radical (unpaired) electrons. The van der Waals surface area contributed by atoms with Gasteiger partial charge in [-0.15, -0.1) is 0 Å². The minimum absolute atomic E-state index is 0.207. The van der Waals surface area contributed by atoms with Gasteiger partial charge in [0.1, 0.15) is 0 Å². The van der Waals surface area contributed by atoms with Crippen LogP contribution in [-0.4, -0.2) is 47.9 Å². The Bertz CT molecular complexity index is 351. The molecule has 1 saturated carbocycles. The third-order valence-electron chi connectivity index (χ3n) is 6.14. The minimum Gasteiger partial charge on any atom is -0.340 e. The summed E-state index contributed by atoms with van der Waals surface area (Å²) in [6, 6.07) is 0. The average Bonchev–Trinajstić information content (AvgIpc) is 2.66. The van der Waals surface area contributed by atoms with Gasteiger partial charge >= 0.3 is 0 Å². The molecule has 2 aliphatic heterocycles. The van der Waals surface area contributed by atoms with E-state index in [1.165, 1.54) is 71.0 Å². The fraction of sp³-hybridized carbons (Fsp3) is 0.941. The third kappa shape index (κ3) is 2.88. The summed E-state index contributed by atoms with van der Waals surface area (Å²) in [7, 11) is 2.03. The number of hydrogen-bond donors (Lipinski definition) is 0. The summed E-state index contributed by atoms with van der Waals surface area (Å²) in [4.78, 5) is 16.6. The molecule has 3 nitrogen and oxygen atoms in total. The summed E-state index contributed by atoms with van der Waals surface area (Å²) in [5.74, 6) is 1.31. The quantitative estimate of drug-likeness (QED) is 0.775. The number of rotatable bonds is 2. The smallest absolute Gasteiger partial charge is 0.222 e. The Kier molecular flexibility index (Phi) is 4.34. The van der Waals surface area contributed by atoms with E-state index in [9.17, 15) is 4.79 Å². The number of carbonyl (C=O) groups is 1. The van der Waals surface area contributed by atoms with E-state index in [4.69, 9.17) is 0 Å². The van der Waals surface area contributed by atoms with E-state index < -0.39 is 0 Å². The van der Waals surface area contributed by atoms with Crippen LogP contribution in [0.1, 0.15) is 64.2 Å². The van der Waals surface area contributed by atoms with E-state index in [1.807, 2.05) is 7.05 Å². The van der Waals surface area contributed by atoms with Gasteiger partial charge in [0, 0.05) is 32.1 Å². The molecule has 1 atom stereocenters. The zero-order valence-electron chi connectivity index (χ0n) is 13.1. The molecule has 1 amide bonds. The molecular formula is C17H30N2O. The summed E-state index contributed by atoms with van der Waals surface area (Å²) >= 11 is 0. The fourth-order valence-electron chi connectivity index (χ4n) is 4.68. The van der Waals surface area contributed by atoms with Gasteiger partial charge in [0.2, 0.25) is 5.91 Å². The van der Waals surface area contributed by atoms with E-state index in [1.54, 1.807) is 0 Å². The van der Waals surface area contributed by atoms with Gasteiger partial charge in [-0.25, -0.2) is 0 Å². The number of likely N-dealkylation sites (tertiary alicyclic amines) is 2. The summed E-state index contributed by atoms with van der Waals surface area (Å²) in [6.07, 6.45) is 12.8. The van der Waals surface area contributed by atoms with Gasteiger partial charge < -0.3 is 9.80 Å². The maximum absolute atomic E-state index is 11.9. The van der Waals surface area contributed by atoms with Gasteiger partial charge in [-0.2, -0.15) is 0 Å². The van der Waals surface area contributed by atoms with Crippen LogP contribution < -0.4 is 0 Å². The first-order valence-electron chi connectivity index (χ1n) is 8.69. The van der Waals surface area contributed by atoms with Gasteiger partial charge in [-0.05, 0) is 51.0 Å². The van der Waals surface area contributed by atoms with Crippen LogP contribution in [0.25, 0.3) is 0 Å². The molecule has 0 aromatic carbocycles. The third-order valence-corrected chi connectivity index (χ3v) is 6.14. The first kappa shape index (κ1) is 14.4. The van der Waals surface area contributed by atoms with E-state index in [0.717, 1.165) is 18.8 Å². The summed E-state index contributed by atoms with van der Waals surface area (Å²) in [6.45, 7) is 3.77. The molecule has 0 aromatic heterocycles. The van der Waals surface area contributed by atoms with Crippen LogP contribution in [0.3, 0.4) is 0 Å². The molecule has 3 aliphatic rings. The largest absolute Gasteiger partial charge is 0.340 e. The highest BCUT2D eigenvalue weighted by Gasteiger charge is 2.43. The highest BCUT2D eigenvalue weighted by Crippen LogP contribution is 2.38. The van der Waals surface area contributed by atoms with Crippen molar-refractivity contribution in [2.24, 2.45) is 5.92 Å². The first-order valence-corrected chi connectivity index (χ1v) is 8.69. The number of carbonyl (C=O) groups excluding carboxylic acids is 1. The summed E-state index contributed by atoms with van der Waals surface area (Å²) in [5, 5.41) is 0.